The second-order valence-electron chi connectivity index (χ2n) is 4.42. The summed E-state index contributed by atoms with van der Waals surface area (Å²) in [6, 6.07) is 5.21. The molecule has 0 saturated heterocycles. The van der Waals surface area contributed by atoms with Gasteiger partial charge in [-0.1, -0.05) is 0 Å². The first-order chi connectivity index (χ1) is 9.97. The van der Waals surface area contributed by atoms with E-state index in [1.165, 1.54) is 6.26 Å². The summed E-state index contributed by atoms with van der Waals surface area (Å²) in [6.45, 7) is 1.43. The summed E-state index contributed by atoms with van der Waals surface area (Å²) in [5.41, 5.74) is -0.733. The van der Waals surface area contributed by atoms with Crippen molar-refractivity contribution in [3.63, 3.8) is 0 Å². The predicted molar refractivity (Wildman–Crippen MR) is 72.6 cm³/mol. The van der Waals surface area contributed by atoms with Crippen LogP contribution in [-0.4, -0.2) is 15.4 Å². The Labute approximate surface area is 119 Å². The van der Waals surface area contributed by atoms with Crippen molar-refractivity contribution in [1.29, 1.82) is 0 Å². The van der Waals surface area contributed by atoms with Gasteiger partial charge in [-0.15, -0.1) is 0 Å². The predicted octanol–water partition coefficient (Wildman–Crippen LogP) is 1.23. The number of furan rings is 1. The number of amides is 1. The lowest BCUT2D eigenvalue weighted by Gasteiger charge is -2.12. The molecule has 8 nitrogen and oxygen atoms in total. The Morgan fingerprint density at radius 2 is 2.24 bits per heavy atom. The molecule has 2 aromatic rings. The number of hydrogen-bond donors (Lipinski definition) is 1. The minimum absolute atomic E-state index is 0.249. The molecule has 2 rings (SSSR count). The number of hydrogen-bond acceptors (Lipinski definition) is 5. The second kappa shape index (κ2) is 6.04. The molecule has 0 radical (unpaired) electrons. The van der Waals surface area contributed by atoms with E-state index < -0.39 is 16.4 Å². The number of nitrogens with one attached hydrogen (secondary N) is 1. The van der Waals surface area contributed by atoms with E-state index in [1.54, 1.807) is 19.1 Å². The molecule has 0 unspecified atom stereocenters. The van der Waals surface area contributed by atoms with Crippen molar-refractivity contribution in [2.24, 2.45) is 0 Å². The molecule has 8 heteroatoms. The van der Waals surface area contributed by atoms with Gasteiger partial charge < -0.3 is 9.73 Å². The topological polar surface area (TPSA) is 107 Å². The van der Waals surface area contributed by atoms with Crippen LogP contribution in [0, 0.1) is 10.1 Å². The van der Waals surface area contributed by atoms with Gasteiger partial charge in [0.1, 0.15) is 12.3 Å². The summed E-state index contributed by atoms with van der Waals surface area (Å²) < 4.78 is 6.14. The number of nitrogens with zero attached hydrogens (tertiary/aromatic N) is 2. The lowest BCUT2D eigenvalue weighted by atomic mass is 10.2. The maximum absolute atomic E-state index is 11.9. The summed E-state index contributed by atoms with van der Waals surface area (Å²) in [7, 11) is 0. The van der Waals surface area contributed by atoms with Crippen LogP contribution in [0.4, 0.5) is 5.69 Å². The van der Waals surface area contributed by atoms with Gasteiger partial charge in [0.15, 0.2) is 0 Å². The summed E-state index contributed by atoms with van der Waals surface area (Å²) in [5.74, 6) is 0.135. The van der Waals surface area contributed by atoms with Crippen LogP contribution in [0.2, 0.25) is 0 Å². The van der Waals surface area contributed by atoms with Crippen molar-refractivity contribution in [3.05, 3.63) is 63.0 Å². The minimum atomic E-state index is -0.626. The van der Waals surface area contributed by atoms with Crippen LogP contribution in [0.1, 0.15) is 18.7 Å². The number of carbonyl (C=O) groups excluding carboxylic acids is 1. The van der Waals surface area contributed by atoms with E-state index in [0.717, 1.165) is 22.9 Å². The molecule has 0 saturated carbocycles. The van der Waals surface area contributed by atoms with Gasteiger partial charge in [0, 0.05) is 12.1 Å². The number of aromatic nitrogens is 1. The standard InChI is InChI=1S/C13H13N3O5/c1-9(11-3-2-6-21-11)14-12(17)8-15-7-10(16(19)20)4-5-13(15)18/h2-7,9H,8H2,1H3,(H,14,17)/t9-/m0/s1. The highest BCUT2D eigenvalue weighted by atomic mass is 16.6. The third kappa shape index (κ3) is 3.56. The van der Waals surface area contributed by atoms with Gasteiger partial charge in [-0.05, 0) is 19.1 Å². The van der Waals surface area contributed by atoms with E-state index in [2.05, 4.69) is 5.32 Å². The van der Waals surface area contributed by atoms with Gasteiger partial charge in [0.2, 0.25) is 5.91 Å². The van der Waals surface area contributed by atoms with E-state index in [0.29, 0.717) is 5.76 Å². The molecule has 110 valence electrons. The van der Waals surface area contributed by atoms with Crippen LogP contribution >= 0.6 is 0 Å². The smallest absolute Gasteiger partial charge is 0.285 e. The first-order valence-corrected chi connectivity index (χ1v) is 6.15. The van der Waals surface area contributed by atoms with Crippen molar-refractivity contribution < 1.29 is 14.1 Å². The summed E-state index contributed by atoms with van der Waals surface area (Å²) >= 11 is 0. The molecule has 21 heavy (non-hydrogen) atoms. The molecular weight excluding hydrogens is 278 g/mol. The van der Waals surface area contributed by atoms with E-state index in [9.17, 15) is 19.7 Å². The summed E-state index contributed by atoms with van der Waals surface area (Å²) in [4.78, 5) is 33.5. The monoisotopic (exact) mass is 291 g/mol. The largest absolute Gasteiger partial charge is 0.467 e. The molecule has 0 aliphatic rings. The first kappa shape index (κ1) is 14.5. The fourth-order valence-electron chi connectivity index (χ4n) is 1.80. The van der Waals surface area contributed by atoms with Crippen LogP contribution in [0.5, 0.6) is 0 Å². The Kier molecular flexibility index (Phi) is 4.17. The Morgan fingerprint density at radius 3 is 2.86 bits per heavy atom. The van der Waals surface area contributed by atoms with Crippen molar-refractivity contribution in [1.82, 2.24) is 9.88 Å². The number of rotatable bonds is 5. The SMILES string of the molecule is C[C@H](NC(=O)Cn1cc([N+](=O)[O-])ccc1=O)c1ccco1. The minimum Gasteiger partial charge on any atom is -0.467 e. The number of pyridine rings is 1. The highest BCUT2D eigenvalue weighted by Gasteiger charge is 2.14. The van der Waals surface area contributed by atoms with E-state index in [-0.39, 0.29) is 18.3 Å². The zero-order valence-electron chi connectivity index (χ0n) is 11.2. The molecule has 0 bridgehead atoms. The average Bonchev–Trinajstić information content (AvgIpc) is 2.95. The molecule has 0 aliphatic carbocycles. The van der Waals surface area contributed by atoms with E-state index >= 15 is 0 Å². The molecule has 0 aromatic carbocycles. The lowest BCUT2D eigenvalue weighted by Crippen LogP contribution is -2.33. The maximum atomic E-state index is 11.9. The normalized spacial score (nSPS) is 11.9. The van der Waals surface area contributed by atoms with Gasteiger partial charge in [-0.3, -0.25) is 24.3 Å². The maximum Gasteiger partial charge on any atom is 0.285 e. The highest BCUT2D eigenvalue weighted by molar-refractivity contribution is 5.76. The Morgan fingerprint density at radius 1 is 1.48 bits per heavy atom. The molecule has 0 fully saturated rings. The molecular formula is C13H13N3O5. The molecule has 1 amide bonds. The van der Waals surface area contributed by atoms with Gasteiger partial charge in [-0.2, -0.15) is 0 Å². The quantitative estimate of drug-likeness (QED) is 0.658. The molecule has 1 atom stereocenters. The van der Waals surface area contributed by atoms with Gasteiger partial charge >= 0.3 is 0 Å². The third-order valence-electron chi connectivity index (χ3n) is 2.84. The molecule has 2 aromatic heterocycles. The summed E-state index contributed by atoms with van der Waals surface area (Å²) in [6.07, 6.45) is 2.53. The van der Waals surface area contributed by atoms with Crippen LogP contribution in [0.15, 0.2) is 45.9 Å². The highest BCUT2D eigenvalue weighted by Crippen LogP contribution is 2.12. The fourth-order valence-corrected chi connectivity index (χ4v) is 1.80. The zero-order chi connectivity index (χ0) is 15.4. The zero-order valence-corrected chi connectivity index (χ0v) is 11.2. The van der Waals surface area contributed by atoms with Crippen molar-refractivity contribution >= 4 is 11.6 Å². The van der Waals surface area contributed by atoms with E-state index in [1.807, 2.05) is 0 Å². The average molecular weight is 291 g/mol. The van der Waals surface area contributed by atoms with Gasteiger partial charge in [-0.25, -0.2) is 0 Å². The Hall–Kier alpha value is -2.90. The van der Waals surface area contributed by atoms with Crippen LogP contribution < -0.4 is 10.9 Å². The third-order valence-corrected chi connectivity index (χ3v) is 2.84. The van der Waals surface area contributed by atoms with Crippen LogP contribution in [-0.2, 0) is 11.3 Å². The first-order valence-electron chi connectivity index (χ1n) is 6.15. The van der Waals surface area contributed by atoms with Crippen molar-refractivity contribution in [3.8, 4) is 0 Å². The Balaban J connectivity index is 2.07. The summed E-state index contributed by atoms with van der Waals surface area (Å²) in [5, 5.41) is 13.3. The molecule has 2 heterocycles. The van der Waals surface area contributed by atoms with Crippen LogP contribution in [0.25, 0.3) is 0 Å². The number of nitro groups is 1. The van der Waals surface area contributed by atoms with Crippen LogP contribution in [0.3, 0.4) is 0 Å². The molecule has 0 spiro atoms. The van der Waals surface area contributed by atoms with E-state index in [4.69, 9.17) is 4.42 Å². The molecule has 0 aliphatic heterocycles. The van der Waals surface area contributed by atoms with Gasteiger partial charge in [0.25, 0.3) is 11.2 Å². The van der Waals surface area contributed by atoms with Crippen molar-refractivity contribution in [2.75, 3.05) is 0 Å². The Bertz CT molecular complexity index is 705. The van der Waals surface area contributed by atoms with Gasteiger partial charge in [0.05, 0.1) is 23.4 Å². The molecule has 1 N–H and O–H groups in total. The fraction of sp³-hybridized carbons (Fsp3) is 0.231. The number of carbonyl (C=O) groups is 1. The lowest BCUT2D eigenvalue weighted by molar-refractivity contribution is -0.385. The second-order valence-corrected chi connectivity index (χ2v) is 4.42. The van der Waals surface area contributed by atoms with Crippen molar-refractivity contribution in [2.45, 2.75) is 19.5 Å².